The van der Waals surface area contributed by atoms with Crippen LogP contribution in [0.25, 0.3) is 11.1 Å². The van der Waals surface area contributed by atoms with E-state index in [1.165, 1.54) is 22.3 Å². The molecule has 0 spiro atoms. The van der Waals surface area contributed by atoms with Crippen molar-refractivity contribution in [2.24, 2.45) is 5.73 Å². The number of fused-ring (bicyclic) bond motifs is 3. The summed E-state index contributed by atoms with van der Waals surface area (Å²) in [6.45, 7) is 0. The van der Waals surface area contributed by atoms with Crippen molar-refractivity contribution >= 4 is 24.0 Å². The first-order valence-corrected chi connectivity index (χ1v) is 7.97. The summed E-state index contributed by atoms with van der Waals surface area (Å²) < 4.78 is 0. The van der Waals surface area contributed by atoms with Crippen molar-refractivity contribution in [1.82, 2.24) is 0 Å². The highest BCUT2D eigenvalue weighted by Gasteiger charge is 2.37. The molecule has 0 unspecified atom stereocenters. The minimum atomic E-state index is -0.679. The number of rotatable bonds is 2. The SMILES string of the molecule is Cl.NC1(C(=O)Nc2ccc3c(c2)Cc2ccccc2-3)CCCC1. The van der Waals surface area contributed by atoms with E-state index in [1.807, 2.05) is 6.07 Å². The second-order valence-corrected chi connectivity index (χ2v) is 6.52. The highest BCUT2D eigenvalue weighted by Crippen LogP contribution is 2.38. The van der Waals surface area contributed by atoms with Crippen LogP contribution in [-0.4, -0.2) is 11.4 Å². The molecule has 1 amide bonds. The molecule has 1 saturated carbocycles. The van der Waals surface area contributed by atoms with Crippen molar-refractivity contribution in [3.8, 4) is 11.1 Å². The Hall–Kier alpha value is -1.84. The Morgan fingerprint density at radius 3 is 2.48 bits per heavy atom. The van der Waals surface area contributed by atoms with Crippen molar-refractivity contribution in [2.75, 3.05) is 5.32 Å². The molecule has 0 heterocycles. The summed E-state index contributed by atoms with van der Waals surface area (Å²) in [6, 6.07) is 14.7. The van der Waals surface area contributed by atoms with Crippen molar-refractivity contribution in [2.45, 2.75) is 37.6 Å². The Morgan fingerprint density at radius 2 is 1.70 bits per heavy atom. The number of nitrogens with one attached hydrogen (secondary N) is 1. The highest BCUT2D eigenvalue weighted by atomic mass is 35.5. The standard InChI is InChI=1S/C19H20N2O.ClH/c20-19(9-3-4-10-19)18(22)21-15-7-8-17-14(12-15)11-13-5-1-2-6-16(13)17;/h1-2,5-8,12H,3-4,9-11,20H2,(H,21,22);1H. The number of halogens is 1. The van der Waals surface area contributed by atoms with Gasteiger partial charge in [-0.15, -0.1) is 12.4 Å². The Balaban J connectivity index is 0.00000156. The number of carbonyl (C=O) groups excluding carboxylic acids is 1. The molecule has 4 rings (SSSR count). The van der Waals surface area contributed by atoms with E-state index in [0.717, 1.165) is 37.8 Å². The van der Waals surface area contributed by atoms with Gasteiger partial charge in [0.05, 0.1) is 5.54 Å². The van der Waals surface area contributed by atoms with Crippen LogP contribution in [0.15, 0.2) is 42.5 Å². The van der Waals surface area contributed by atoms with Gasteiger partial charge in [-0.05, 0) is 53.6 Å². The summed E-state index contributed by atoms with van der Waals surface area (Å²) in [5.41, 5.74) is 11.6. The lowest BCUT2D eigenvalue weighted by Gasteiger charge is -2.22. The van der Waals surface area contributed by atoms with E-state index in [0.29, 0.717) is 0 Å². The first kappa shape index (κ1) is 16.0. The predicted octanol–water partition coefficient (Wildman–Crippen LogP) is 3.89. The van der Waals surface area contributed by atoms with Crippen molar-refractivity contribution < 1.29 is 4.79 Å². The van der Waals surface area contributed by atoms with E-state index in [2.05, 4.69) is 41.7 Å². The van der Waals surface area contributed by atoms with Crippen LogP contribution in [0, 0.1) is 0 Å². The maximum Gasteiger partial charge on any atom is 0.244 e. The Morgan fingerprint density at radius 1 is 1.00 bits per heavy atom. The van der Waals surface area contributed by atoms with Crippen LogP contribution in [0.4, 0.5) is 5.69 Å². The van der Waals surface area contributed by atoms with Gasteiger partial charge in [0.15, 0.2) is 0 Å². The van der Waals surface area contributed by atoms with Crippen LogP contribution in [0.1, 0.15) is 36.8 Å². The molecule has 1 fully saturated rings. The number of nitrogens with two attached hydrogens (primary N) is 1. The van der Waals surface area contributed by atoms with E-state index >= 15 is 0 Å². The van der Waals surface area contributed by atoms with Crippen molar-refractivity contribution in [3.63, 3.8) is 0 Å². The molecule has 120 valence electrons. The smallest absolute Gasteiger partial charge is 0.244 e. The van der Waals surface area contributed by atoms with E-state index < -0.39 is 5.54 Å². The quantitative estimate of drug-likeness (QED) is 0.750. The van der Waals surface area contributed by atoms with Crippen molar-refractivity contribution in [3.05, 3.63) is 53.6 Å². The zero-order valence-electron chi connectivity index (χ0n) is 13.0. The second kappa shape index (κ2) is 5.99. The number of carbonyl (C=O) groups is 1. The minimum absolute atomic E-state index is 0. The maximum atomic E-state index is 12.4. The van der Waals surface area contributed by atoms with Gasteiger partial charge in [-0.1, -0.05) is 43.2 Å². The lowest BCUT2D eigenvalue weighted by molar-refractivity contribution is -0.121. The average Bonchev–Trinajstić information content (AvgIpc) is 3.11. The van der Waals surface area contributed by atoms with Gasteiger partial charge in [0.1, 0.15) is 0 Å². The fourth-order valence-corrected chi connectivity index (χ4v) is 3.71. The van der Waals surface area contributed by atoms with Gasteiger partial charge in [0.25, 0.3) is 0 Å². The van der Waals surface area contributed by atoms with Gasteiger partial charge in [0.2, 0.25) is 5.91 Å². The average molecular weight is 329 g/mol. The summed E-state index contributed by atoms with van der Waals surface area (Å²) in [6.07, 6.45) is 4.60. The monoisotopic (exact) mass is 328 g/mol. The molecule has 2 aromatic carbocycles. The third kappa shape index (κ3) is 2.75. The molecule has 0 radical (unpaired) electrons. The van der Waals surface area contributed by atoms with Gasteiger partial charge in [-0.25, -0.2) is 0 Å². The third-order valence-corrected chi connectivity index (χ3v) is 5.00. The zero-order valence-corrected chi connectivity index (χ0v) is 13.8. The van der Waals surface area contributed by atoms with Gasteiger partial charge in [-0.3, -0.25) is 4.79 Å². The molecule has 0 aliphatic heterocycles. The first-order chi connectivity index (χ1) is 10.7. The van der Waals surface area contributed by atoms with Crippen LogP contribution in [-0.2, 0) is 11.2 Å². The van der Waals surface area contributed by atoms with E-state index in [-0.39, 0.29) is 18.3 Å². The summed E-state index contributed by atoms with van der Waals surface area (Å²) in [5, 5.41) is 3.02. The molecular weight excluding hydrogens is 308 g/mol. The van der Waals surface area contributed by atoms with Gasteiger partial charge in [-0.2, -0.15) is 0 Å². The highest BCUT2D eigenvalue weighted by molar-refractivity contribution is 5.98. The molecule has 2 aromatic rings. The second-order valence-electron chi connectivity index (χ2n) is 6.52. The third-order valence-electron chi connectivity index (χ3n) is 5.00. The summed E-state index contributed by atoms with van der Waals surface area (Å²) in [4.78, 5) is 12.4. The number of hydrogen-bond donors (Lipinski definition) is 2. The van der Waals surface area contributed by atoms with Gasteiger partial charge < -0.3 is 11.1 Å². The zero-order chi connectivity index (χ0) is 15.2. The van der Waals surface area contributed by atoms with Gasteiger partial charge in [0, 0.05) is 5.69 Å². The summed E-state index contributed by atoms with van der Waals surface area (Å²) >= 11 is 0. The molecule has 0 atom stereocenters. The Bertz CT molecular complexity index is 751. The molecule has 0 aromatic heterocycles. The Kier molecular flexibility index (Phi) is 4.17. The fourth-order valence-electron chi connectivity index (χ4n) is 3.71. The van der Waals surface area contributed by atoms with Crippen LogP contribution in [0.2, 0.25) is 0 Å². The van der Waals surface area contributed by atoms with Crippen molar-refractivity contribution in [1.29, 1.82) is 0 Å². The summed E-state index contributed by atoms with van der Waals surface area (Å²) in [5.74, 6) is -0.0412. The van der Waals surface area contributed by atoms with Gasteiger partial charge >= 0.3 is 0 Å². The van der Waals surface area contributed by atoms with Crippen LogP contribution >= 0.6 is 12.4 Å². The number of hydrogen-bond acceptors (Lipinski definition) is 2. The van der Waals surface area contributed by atoms with Crippen LogP contribution < -0.4 is 11.1 Å². The number of anilines is 1. The molecule has 0 bridgehead atoms. The molecule has 23 heavy (non-hydrogen) atoms. The van der Waals surface area contributed by atoms with Crippen LogP contribution in [0.3, 0.4) is 0 Å². The molecule has 0 saturated heterocycles. The topological polar surface area (TPSA) is 55.1 Å². The maximum absolute atomic E-state index is 12.4. The van der Waals surface area contributed by atoms with E-state index in [4.69, 9.17) is 5.73 Å². The van der Waals surface area contributed by atoms with E-state index in [9.17, 15) is 4.79 Å². The molecule has 3 N–H and O–H groups in total. The fraction of sp³-hybridized carbons (Fsp3) is 0.316. The normalized spacial score (nSPS) is 17.1. The lowest BCUT2D eigenvalue weighted by Crippen LogP contribution is -2.48. The number of benzene rings is 2. The Labute approximate surface area is 142 Å². The molecule has 2 aliphatic rings. The predicted molar refractivity (Wildman–Crippen MR) is 95.9 cm³/mol. The minimum Gasteiger partial charge on any atom is -0.324 e. The first-order valence-electron chi connectivity index (χ1n) is 7.97. The molecule has 2 aliphatic carbocycles. The summed E-state index contributed by atoms with van der Waals surface area (Å²) in [7, 11) is 0. The number of amides is 1. The molecular formula is C19H21ClN2O. The van der Waals surface area contributed by atoms with Crippen LogP contribution in [0.5, 0.6) is 0 Å². The lowest BCUT2D eigenvalue weighted by atomic mass is 9.98. The molecule has 3 nitrogen and oxygen atoms in total. The van der Waals surface area contributed by atoms with E-state index in [1.54, 1.807) is 0 Å². The molecule has 4 heteroatoms. The largest absolute Gasteiger partial charge is 0.324 e.